The maximum atomic E-state index is 14.9. The lowest BCUT2D eigenvalue weighted by molar-refractivity contribution is -0.143. The number of H-pyrrole nitrogens is 1. The Labute approximate surface area is 224 Å². The van der Waals surface area contributed by atoms with E-state index < -0.39 is 11.6 Å². The number of nitrogens with zero attached hydrogens (tertiary/aromatic N) is 3. The number of aryl methyl sites for hydroxylation is 3. The van der Waals surface area contributed by atoms with Gasteiger partial charge in [0.15, 0.2) is 23.2 Å². The highest BCUT2D eigenvalue weighted by Gasteiger charge is 2.18. The molecule has 0 spiro atoms. The van der Waals surface area contributed by atoms with Crippen LogP contribution in [0, 0.1) is 18.6 Å². The molecule has 0 saturated carbocycles. The summed E-state index contributed by atoms with van der Waals surface area (Å²) in [6.45, 7) is 3.92. The van der Waals surface area contributed by atoms with Crippen molar-refractivity contribution in [2.75, 3.05) is 6.61 Å². The van der Waals surface area contributed by atoms with E-state index in [0.29, 0.717) is 48.6 Å². The molecule has 9 heteroatoms. The highest BCUT2D eigenvalue weighted by molar-refractivity contribution is 5.85. The SMILES string of the molecule is CCOC(=O)CCc1cccc(Cc2nc(-c3cc(Oc4c(F)cc5[nH]ccc5c4C)ccc3F)n(C)n2)c1. The molecule has 0 amide bonds. The first-order chi connectivity index (χ1) is 18.8. The highest BCUT2D eigenvalue weighted by atomic mass is 19.1. The van der Waals surface area contributed by atoms with E-state index in [9.17, 15) is 13.6 Å². The van der Waals surface area contributed by atoms with E-state index in [-0.39, 0.29) is 23.0 Å². The van der Waals surface area contributed by atoms with Crippen molar-refractivity contribution < 1.29 is 23.0 Å². The van der Waals surface area contributed by atoms with E-state index in [2.05, 4.69) is 15.1 Å². The number of carbonyl (C=O) groups is 1. The van der Waals surface area contributed by atoms with Gasteiger partial charge in [0, 0.05) is 48.6 Å². The molecule has 0 aliphatic heterocycles. The van der Waals surface area contributed by atoms with E-state index in [1.165, 1.54) is 28.9 Å². The molecule has 3 aromatic carbocycles. The first-order valence-electron chi connectivity index (χ1n) is 12.7. The first kappa shape index (κ1) is 26.1. The molecule has 0 saturated heterocycles. The van der Waals surface area contributed by atoms with E-state index in [1.807, 2.05) is 30.3 Å². The number of carbonyl (C=O) groups excluding carboxylic acids is 1. The molecular formula is C30H28F2N4O3. The Morgan fingerprint density at radius 3 is 2.69 bits per heavy atom. The number of benzene rings is 3. The second-order valence-electron chi connectivity index (χ2n) is 9.27. The molecule has 0 fully saturated rings. The van der Waals surface area contributed by atoms with Gasteiger partial charge in [0.1, 0.15) is 11.6 Å². The molecule has 2 aromatic heterocycles. The lowest BCUT2D eigenvalue weighted by Crippen LogP contribution is -2.05. The van der Waals surface area contributed by atoms with Crippen LogP contribution in [-0.4, -0.2) is 32.3 Å². The molecule has 0 aliphatic carbocycles. The minimum atomic E-state index is -0.515. The second kappa shape index (κ2) is 11.1. The minimum absolute atomic E-state index is 0.0844. The van der Waals surface area contributed by atoms with E-state index >= 15 is 0 Å². The number of esters is 1. The van der Waals surface area contributed by atoms with Gasteiger partial charge < -0.3 is 14.5 Å². The molecular weight excluding hydrogens is 502 g/mol. The van der Waals surface area contributed by atoms with Gasteiger partial charge in [-0.05, 0) is 55.7 Å². The molecule has 0 atom stereocenters. The van der Waals surface area contributed by atoms with E-state index in [4.69, 9.17) is 9.47 Å². The van der Waals surface area contributed by atoms with Gasteiger partial charge in [-0.15, -0.1) is 0 Å². The van der Waals surface area contributed by atoms with Gasteiger partial charge in [-0.1, -0.05) is 24.3 Å². The Bertz CT molecular complexity index is 1660. The first-order valence-corrected chi connectivity index (χ1v) is 12.7. The summed E-state index contributed by atoms with van der Waals surface area (Å²) in [6.07, 6.45) is 3.05. The zero-order chi connectivity index (χ0) is 27.5. The molecule has 2 heterocycles. The fraction of sp³-hybridized carbons (Fsp3) is 0.233. The largest absolute Gasteiger partial charge is 0.466 e. The lowest BCUT2D eigenvalue weighted by atomic mass is 10.0. The molecule has 5 rings (SSSR count). The van der Waals surface area contributed by atoms with Gasteiger partial charge in [-0.3, -0.25) is 4.79 Å². The summed E-state index contributed by atoms with van der Waals surface area (Å²) in [6, 6.07) is 15.3. The van der Waals surface area contributed by atoms with Gasteiger partial charge in [0.05, 0.1) is 12.2 Å². The molecule has 1 N–H and O–H groups in total. The summed E-state index contributed by atoms with van der Waals surface area (Å²) in [5, 5.41) is 5.33. The molecule has 5 aromatic rings. The predicted octanol–water partition coefficient (Wildman–Crippen LogP) is 6.43. The third-order valence-electron chi connectivity index (χ3n) is 6.49. The quantitative estimate of drug-likeness (QED) is 0.222. The molecule has 7 nitrogen and oxygen atoms in total. The molecule has 0 bridgehead atoms. The average molecular weight is 531 g/mol. The van der Waals surface area contributed by atoms with Crippen LogP contribution in [0.15, 0.2) is 60.8 Å². The van der Waals surface area contributed by atoms with Crippen molar-refractivity contribution in [1.82, 2.24) is 19.7 Å². The van der Waals surface area contributed by atoms with Gasteiger partial charge in [0.25, 0.3) is 0 Å². The van der Waals surface area contributed by atoms with Crippen LogP contribution < -0.4 is 4.74 Å². The van der Waals surface area contributed by atoms with Crippen molar-refractivity contribution in [2.45, 2.75) is 33.1 Å². The van der Waals surface area contributed by atoms with Crippen molar-refractivity contribution in [3.8, 4) is 22.9 Å². The van der Waals surface area contributed by atoms with Crippen LogP contribution in [0.5, 0.6) is 11.5 Å². The number of aromatic amines is 1. The number of halogens is 2. The normalized spacial score (nSPS) is 11.2. The van der Waals surface area contributed by atoms with Crippen molar-refractivity contribution in [3.63, 3.8) is 0 Å². The number of hydrogen-bond donors (Lipinski definition) is 1. The number of hydrogen-bond acceptors (Lipinski definition) is 5. The standard InChI is InChI=1S/C30H28F2N4O3/c1-4-38-28(37)11-8-19-6-5-7-20(14-19)15-27-34-30(36(3)35-27)23-16-21(9-10-24(23)31)39-29-18(2)22-12-13-33-26(22)17-25(29)32/h5-7,9-10,12-14,16-17,33H,4,8,11,15H2,1-3H3. The van der Waals surface area contributed by atoms with Crippen LogP contribution in [-0.2, 0) is 29.4 Å². The predicted molar refractivity (Wildman–Crippen MR) is 144 cm³/mol. The topological polar surface area (TPSA) is 82.0 Å². The third-order valence-corrected chi connectivity index (χ3v) is 6.49. The van der Waals surface area contributed by atoms with Crippen LogP contribution in [0.3, 0.4) is 0 Å². The van der Waals surface area contributed by atoms with E-state index in [0.717, 1.165) is 16.5 Å². The number of aromatic nitrogens is 4. The van der Waals surface area contributed by atoms with Crippen molar-refractivity contribution in [1.29, 1.82) is 0 Å². The summed E-state index contributed by atoms with van der Waals surface area (Å²) < 4.78 is 42.2. The summed E-state index contributed by atoms with van der Waals surface area (Å²) in [4.78, 5) is 19.3. The van der Waals surface area contributed by atoms with E-state index in [1.54, 1.807) is 27.1 Å². The average Bonchev–Trinajstić information content (AvgIpc) is 3.53. The Balaban J connectivity index is 1.37. The lowest BCUT2D eigenvalue weighted by Gasteiger charge is -2.12. The maximum Gasteiger partial charge on any atom is 0.306 e. The zero-order valence-corrected chi connectivity index (χ0v) is 21.9. The van der Waals surface area contributed by atoms with Crippen molar-refractivity contribution >= 4 is 16.9 Å². The third kappa shape index (κ3) is 5.67. The van der Waals surface area contributed by atoms with Crippen LogP contribution in [0.1, 0.15) is 35.9 Å². The van der Waals surface area contributed by atoms with Crippen LogP contribution in [0.2, 0.25) is 0 Å². The molecule has 0 radical (unpaired) electrons. The summed E-state index contributed by atoms with van der Waals surface area (Å²) in [5.41, 5.74) is 3.48. The molecule has 39 heavy (non-hydrogen) atoms. The fourth-order valence-corrected chi connectivity index (χ4v) is 4.61. The Hall–Kier alpha value is -4.53. The zero-order valence-electron chi connectivity index (χ0n) is 21.9. The van der Waals surface area contributed by atoms with Crippen LogP contribution in [0.4, 0.5) is 8.78 Å². The number of fused-ring (bicyclic) bond motifs is 1. The minimum Gasteiger partial charge on any atom is -0.466 e. The monoisotopic (exact) mass is 530 g/mol. The Kier molecular flexibility index (Phi) is 7.40. The summed E-state index contributed by atoms with van der Waals surface area (Å²) in [5.74, 6) is -0.0361. The summed E-state index contributed by atoms with van der Waals surface area (Å²) >= 11 is 0. The number of nitrogens with one attached hydrogen (secondary N) is 1. The second-order valence-corrected chi connectivity index (χ2v) is 9.27. The smallest absolute Gasteiger partial charge is 0.306 e. The number of rotatable bonds is 9. The highest BCUT2D eigenvalue weighted by Crippen LogP contribution is 2.35. The summed E-state index contributed by atoms with van der Waals surface area (Å²) in [7, 11) is 1.69. The van der Waals surface area contributed by atoms with Crippen LogP contribution in [0.25, 0.3) is 22.3 Å². The van der Waals surface area contributed by atoms with Crippen molar-refractivity contribution in [3.05, 3.63) is 94.9 Å². The Morgan fingerprint density at radius 2 is 1.87 bits per heavy atom. The van der Waals surface area contributed by atoms with Crippen LogP contribution >= 0.6 is 0 Å². The molecule has 200 valence electrons. The maximum absolute atomic E-state index is 14.9. The van der Waals surface area contributed by atoms with Gasteiger partial charge >= 0.3 is 5.97 Å². The number of ether oxygens (including phenoxy) is 2. The van der Waals surface area contributed by atoms with Gasteiger partial charge in [-0.25, -0.2) is 18.4 Å². The molecule has 0 unspecified atom stereocenters. The van der Waals surface area contributed by atoms with Gasteiger partial charge in [-0.2, -0.15) is 5.10 Å². The fourth-order valence-electron chi connectivity index (χ4n) is 4.61. The Morgan fingerprint density at radius 1 is 1.05 bits per heavy atom. The van der Waals surface area contributed by atoms with Gasteiger partial charge in [0.2, 0.25) is 0 Å². The molecule has 0 aliphatic rings. The van der Waals surface area contributed by atoms with Crippen molar-refractivity contribution in [2.24, 2.45) is 7.05 Å².